The Morgan fingerprint density at radius 1 is 1.83 bits per heavy atom. The lowest BCUT2D eigenvalue weighted by Gasteiger charge is -1.95. The Morgan fingerprint density at radius 2 is 2.58 bits per heavy atom. The average molecular weight is 170 g/mol. The Balaban J connectivity index is 2.29. The second-order valence-corrected chi connectivity index (χ2v) is 2.36. The van der Waals surface area contributed by atoms with Crippen LogP contribution in [-0.2, 0) is 11.3 Å². The number of carboxylic acid groups (broad SMARTS) is 1. The van der Waals surface area contributed by atoms with E-state index in [4.69, 9.17) is 9.52 Å². The molecule has 0 spiro atoms. The van der Waals surface area contributed by atoms with Crippen LogP contribution in [0.25, 0.3) is 0 Å². The highest BCUT2D eigenvalue weighted by molar-refractivity contribution is 5.68. The van der Waals surface area contributed by atoms with E-state index >= 15 is 0 Å². The van der Waals surface area contributed by atoms with Gasteiger partial charge in [-0.25, -0.2) is 4.98 Å². The molecule has 0 amide bonds. The summed E-state index contributed by atoms with van der Waals surface area (Å²) >= 11 is 0. The largest absolute Gasteiger partial charge is 0.480 e. The fourth-order valence-corrected chi connectivity index (χ4v) is 0.760. The van der Waals surface area contributed by atoms with Gasteiger partial charge in [0.1, 0.15) is 5.76 Å². The molecular weight excluding hydrogens is 160 g/mol. The quantitative estimate of drug-likeness (QED) is 0.673. The highest BCUT2D eigenvalue weighted by Crippen LogP contribution is 1.99. The molecule has 1 rings (SSSR count). The summed E-state index contributed by atoms with van der Waals surface area (Å²) in [6.07, 6.45) is 1.60. The minimum absolute atomic E-state index is 0.0819. The number of carboxylic acids is 1. The number of aromatic nitrogens is 1. The maximum absolute atomic E-state index is 10.1. The third kappa shape index (κ3) is 2.71. The van der Waals surface area contributed by atoms with Crippen LogP contribution in [0.5, 0.6) is 0 Å². The van der Waals surface area contributed by atoms with Crippen LogP contribution in [0.4, 0.5) is 0 Å². The summed E-state index contributed by atoms with van der Waals surface area (Å²) in [7, 11) is 0. The first-order valence-corrected chi connectivity index (χ1v) is 3.52. The van der Waals surface area contributed by atoms with Gasteiger partial charge in [-0.2, -0.15) is 0 Å². The first-order valence-electron chi connectivity index (χ1n) is 3.52. The zero-order chi connectivity index (χ0) is 8.97. The second kappa shape index (κ2) is 3.87. The molecule has 5 nitrogen and oxygen atoms in total. The van der Waals surface area contributed by atoms with Crippen molar-refractivity contribution in [3.05, 3.63) is 17.8 Å². The van der Waals surface area contributed by atoms with Gasteiger partial charge in [-0.3, -0.25) is 10.1 Å². The van der Waals surface area contributed by atoms with Gasteiger partial charge in [0.2, 0.25) is 5.89 Å². The number of aliphatic carboxylic acids is 1. The summed E-state index contributed by atoms with van der Waals surface area (Å²) in [5.74, 6) is 0.342. The third-order valence-corrected chi connectivity index (χ3v) is 1.22. The second-order valence-electron chi connectivity index (χ2n) is 2.36. The molecule has 1 aromatic rings. The Labute approximate surface area is 69.4 Å². The summed E-state index contributed by atoms with van der Waals surface area (Å²) in [6, 6.07) is 0. The summed E-state index contributed by atoms with van der Waals surface area (Å²) in [6.45, 7) is 2.05. The van der Waals surface area contributed by atoms with Crippen molar-refractivity contribution in [2.45, 2.75) is 13.5 Å². The molecule has 0 radical (unpaired) electrons. The number of hydrogen-bond acceptors (Lipinski definition) is 4. The van der Waals surface area contributed by atoms with E-state index in [1.54, 1.807) is 13.1 Å². The molecule has 0 fully saturated rings. The standard InChI is InChI=1S/C7H10N2O3/c1-5-2-9-6(12-5)3-8-4-7(10)11/h2,8H,3-4H2,1H3,(H,10,11). The number of hydrogen-bond donors (Lipinski definition) is 2. The summed E-state index contributed by atoms with van der Waals surface area (Å²) in [5.41, 5.74) is 0. The molecule has 0 atom stereocenters. The van der Waals surface area contributed by atoms with Gasteiger partial charge in [0, 0.05) is 0 Å². The van der Waals surface area contributed by atoms with Crippen molar-refractivity contribution in [2.75, 3.05) is 6.54 Å². The molecule has 2 N–H and O–H groups in total. The Morgan fingerprint density at radius 3 is 3.08 bits per heavy atom. The highest BCUT2D eigenvalue weighted by Gasteiger charge is 2.00. The van der Waals surface area contributed by atoms with Crippen molar-refractivity contribution in [1.29, 1.82) is 0 Å². The van der Waals surface area contributed by atoms with Crippen molar-refractivity contribution in [1.82, 2.24) is 10.3 Å². The zero-order valence-electron chi connectivity index (χ0n) is 6.70. The normalized spacial score (nSPS) is 10.1. The predicted molar refractivity (Wildman–Crippen MR) is 40.6 cm³/mol. The lowest BCUT2D eigenvalue weighted by Crippen LogP contribution is -2.21. The molecule has 12 heavy (non-hydrogen) atoms. The summed E-state index contributed by atoms with van der Waals surface area (Å²) < 4.78 is 5.10. The van der Waals surface area contributed by atoms with Gasteiger partial charge >= 0.3 is 5.97 Å². The van der Waals surface area contributed by atoms with Crippen LogP contribution in [0, 0.1) is 6.92 Å². The summed E-state index contributed by atoms with van der Waals surface area (Å²) in [5, 5.41) is 10.9. The van der Waals surface area contributed by atoms with Crippen LogP contribution in [0.3, 0.4) is 0 Å². The highest BCUT2D eigenvalue weighted by atomic mass is 16.4. The number of nitrogens with one attached hydrogen (secondary N) is 1. The first kappa shape index (κ1) is 8.73. The van der Waals surface area contributed by atoms with E-state index in [-0.39, 0.29) is 6.54 Å². The van der Waals surface area contributed by atoms with Crippen LogP contribution >= 0.6 is 0 Å². The third-order valence-electron chi connectivity index (χ3n) is 1.22. The SMILES string of the molecule is Cc1cnc(CNCC(=O)O)o1. The predicted octanol–water partition coefficient (Wildman–Crippen LogP) is 0.157. The van der Waals surface area contributed by atoms with Crippen molar-refractivity contribution in [3.8, 4) is 0 Å². The monoisotopic (exact) mass is 170 g/mol. The zero-order valence-corrected chi connectivity index (χ0v) is 6.70. The minimum atomic E-state index is -0.890. The van der Waals surface area contributed by atoms with E-state index in [2.05, 4.69) is 10.3 Å². The summed E-state index contributed by atoms with van der Waals surface area (Å²) in [4.78, 5) is 14.0. The van der Waals surface area contributed by atoms with E-state index in [9.17, 15) is 4.79 Å². The Bertz CT molecular complexity index is 269. The fraction of sp³-hybridized carbons (Fsp3) is 0.429. The molecule has 0 aliphatic rings. The van der Waals surface area contributed by atoms with Crippen molar-refractivity contribution in [3.63, 3.8) is 0 Å². The number of oxazole rings is 1. The molecule has 5 heteroatoms. The smallest absolute Gasteiger partial charge is 0.317 e. The molecule has 0 saturated carbocycles. The molecule has 66 valence electrons. The number of carbonyl (C=O) groups is 1. The van der Waals surface area contributed by atoms with Gasteiger partial charge in [0.25, 0.3) is 0 Å². The van der Waals surface area contributed by atoms with Gasteiger partial charge in [-0.1, -0.05) is 0 Å². The number of nitrogens with zero attached hydrogens (tertiary/aromatic N) is 1. The molecule has 0 bridgehead atoms. The molecule has 1 aromatic heterocycles. The van der Waals surface area contributed by atoms with Crippen LogP contribution < -0.4 is 5.32 Å². The molecule has 0 saturated heterocycles. The molecular formula is C7H10N2O3. The molecule has 0 unspecified atom stereocenters. The molecule has 1 heterocycles. The number of rotatable bonds is 4. The first-order chi connectivity index (χ1) is 5.68. The molecule has 0 aromatic carbocycles. The van der Waals surface area contributed by atoms with Gasteiger partial charge in [0.05, 0.1) is 19.3 Å². The van der Waals surface area contributed by atoms with Crippen molar-refractivity contribution in [2.24, 2.45) is 0 Å². The van der Waals surface area contributed by atoms with E-state index < -0.39 is 5.97 Å². The number of aryl methyl sites for hydroxylation is 1. The molecule has 0 aliphatic heterocycles. The minimum Gasteiger partial charge on any atom is -0.480 e. The van der Waals surface area contributed by atoms with Crippen LogP contribution in [0.15, 0.2) is 10.6 Å². The maximum Gasteiger partial charge on any atom is 0.317 e. The van der Waals surface area contributed by atoms with Gasteiger partial charge < -0.3 is 9.52 Å². The van der Waals surface area contributed by atoms with Crippen LogP contribution in [0.2, 0.25) is 0 Å². The molecule has 0 aliphatic carbocycles. The maximum atomic E-state index is 10.1. The van der Waals surface area contributed by atoms with Crippen LogP contribution in [0.1, 0.15) is 11.7 Å². The lowest BCUT2D eigenvalue weighted by molar-refractivity contribution is -0.136. The Hall–Kier alpha value is -1.36. The van der Waals surface area contributed by atoms with E-state index in [1.807, 2.05) is 0 Å². The van der Waals surface area contributed by atoms with Gasteiger partial charge in [0.15, 0.2) is 0 Å². The van der Waals surface area contributed by atoms with Gasteiger partial charge in [-0.15, -0.1) is 0 Å². The van der Waals surface area contributed by atoms with Crippen molar-refractivity contribution >= 4 is 5.97 Å². The van der Waals surface area contributed by atoms with E-state index in [1.165, 1.54) is 0 Å². The van der Waals surface area contributed by atoms with E-state index in [0.29, 0.717) is 12.4 Å². The van der Waals surface area contributed by atoms with Gasteiger partial charge in [-0.05, 0) is 6.92 Å². The topological polar surface area (TPSA) is 75.4 Å². The van der Waals surface area contributed by atoms with E-state index in [0.717, 1.165) is 5.76 Å². The van der Waals surface area contributed by atoms with Crippen molar-refractivity contribution < 1.29 is 14.3 Å². The lowest BCUT2D eigenvalue weighted by atomic mass is 10.6. The fourth-order valence-electron chi connectivity index (χ4n) is 0.760. The average Bonchev–Trinajstić information content (AvgIpc) is 2.35. The Kier molecular flexibility index (Phi) is 2.82. The van der Waals surface area contributed by atoms with Crippen LogP contribution in [-0.4, -0.2) is 22.6 Å².